The van der Waals surface area contributed by atoms with E-state index in [1.54, 1.807) is 24.3 Å². The van der Waals surface area contributed by atoms with Crippen LogP contribution in [-0.2, 0) is 14.3 Å². The lowest BCUT2D eigenvalue weighted by atomic mass is 10.2. The summed E-state index contributed by atoms with van der Waals surface area (Å²) in [7, 11) is 0. The molecule has 0 radical (unpaired) electrons. The molecule has 108 valence electrons. The molecule has 0 saturated heterocycles. The van der Waals surface area contributed by atoms with Gasteiger partial charge < -0.3 is 10.1 Å². The second-order valence-electron chi connectivity index (χ2n) is 4.96. The Bertz CT molecular complexity index is 475. The van der Waals surface area contributed by atoms with E-state index in [9.17, 15) is 9.59 Å². The van der Waals surface area contributed by atoms with Crippen LogP contribution in [0.15, 0.2) is 22.9 Å². The van der Waals surface area contributed by atoms with E-state index < -0.39 is 12.1 Å². The van der Waals surface area contributed by atoms with Crippen molar-refractivity contribution in [3.63, 3.8) is 0 Å². The molecule has 1 N–H and O–H groups in total. The quantitative estimate of drug-likeness (QED) is 0.671. The van der Waals surface area contributed by atoms with E-state index in [-0.39, 0.29) is 11.9 Å². The van der Waals surface area contributed by atoms with Crippen LogP contribution < -0.4 is 5.32 Å². The molecule has 0 aromatic carbocycles. The van der Waals surface area contributed by atoms with Crippen molar-refractivity contribution in [3.05, 3.63) is 28.5 Å². The first-order chi connectivity index (χ1) is 9.65. The number of nitrogens with one attached hydrogen (secondary N) is 1. The second-order valence-corrected chi connectivity index (χ2v) is 5.74. The predicted octanol–water partition coefficient (Wildman–Crippen LogP) is 2.75. The van der Waals surface area contributed by atoms with Crippen LogP contribution in [0.2, 0.25) is 0 Å². The van der Waals surface area contributed by atoms with Crippen molar-refractivity contribution in [1.29, 1.82) is 0 Å². The fraction of sp³-hybridized carbons (Fsp3) is 0.467. The first kappa shape index (κ1) is 14.8. The molecule has 0 spiro atoms. The molecule has 1 atom stereocenters. The van der Waals surface area contributed by atoms with Gasteiger partial charge in [-0.3, -0.25) is 4.79 Å². The molecule has 1 fully saturated rings. The summed E-state index contributed by atoms with van der Waals surface area (Å²) in [5.74, 6) is -0.709. The summed E-state index contributed by atoms with van der Waals surface area (Å²) in [6.07, 6.45) is 6.62. The molecule has 5 heteroatoms. The van der Waals surface area contributed by atoms with Crippen LogP contribution in [0.1, 0.15) is 38.2 Å². The Morgan fingerprint density at radius 1 is 1.45 bits per heavy atom. The molecule has 1 aliphatic carbocycles. The van der Waals surface area contributed by atoms with Crippen molar-refractivity contribution < 1.29 is 14.3 Å². The Labute approximate surface area is 122 Å². The lowest BCUT2D eigenvalue weighted by Crippen LogP contribution is -2.40. The number of amides is 1. The average Bonchev–Trinajstić information content (AvgIpc) is 3.09. The molecule has 1 aromatic heterocycles. The van der Waals surface area contributed by atoms with E-state index in [2.05, 4.69) is 5.32 Å². The number of thiophene rings is 1. The van der Waals surface area contributed by atoms with Gasteiger partial charge in [-0.2, -0.15) is 11.3 Å². The number of carbonyl (C=O) groups excluding carboxylic acids is 2. The summed E-state index contributed by atoms with van der Waals surface area (Å²) in [6, 6.07) is 2.15. The van der Waals surface area contributed by atoms with Gasteiger partial charge in [-0.1, -0.05) is 12.8 Å². The number of hydrogen-bond acceptors (Lipinski definition) is 4. The summed E-state index contributed by atoms with van der Waals surface area (Å²) in [5, 5.41) is 6.78. The van der Waals surface area contributed by atoms with Crippen LogP contribution in [0.4, 0.5) is 0 Å². The third kappa shape index (κ3) is 4.49. The Morgan fingerprint density at radius 2 is 2.20 bits per heavy atom. The van der Waals surface area contributed by atoms with Gasteiger partial charge in [0.15, 0.2) is 6.10 Å². The first-order valence-electron chi connectivity index (χ1n) is 6.86. The molecule has 0 aliphatic heterocycles. The van der Waals surface area contributed by atoms with Crippen LogP contribution in [-0.4, -0.2) is 24.0 Å². The molecular formula is C15H19NO3S. The molecule has 1 aromatic rings. The highest BCUT2D eigenvalue weighted by Crippen LogP contribution is 2.17. The smallest absolute Gasteiger partial charge is 0.331 e. The van der Waals surface area contributed by atoms with Gasteiger partial charge >= 0.3 is 5.97 Å². The zero-order valence-corrected chi connectivity index (χ0v) is 12.3. The Kier molecular flexibility index (Phi) is 5.35. The number of esters is 1. The van der Waals surface area contributed by atoms with Gasteiger partial charge in [0, 0.05) is 12.1 Å². The zero-order valence-electron chi connectivity index (χ0n) is 11.5. The molecule has 2 rings (SSSR count). The minimum atomic E-state index is -0.754. The van der Waals surface area contributed by atoms with Crippen LogP contribution in [0.3, 0.4) is 0 Å². The third-order valence-corrected chi connectivity index (χ3v) is 4.02. The highest BCUT2D eigenvalue weighted by molar-refractivity contribution is 7.08. The highest BCUT2D eigenvalue weighted by Gasteiger charge is 2.22. The molecule has 20 heavy (non-hydrogen) atoms. The SMILES string of the molecule is C[C@@H](OC(=O)/C=C/c1ccsc1)C(=O)NC1CCCC1. The van der Waals surface area contributed by atoms with E-state index in [0.29, 0.717) is 0 Å². The van der Waals surface area contributed by atoms with Gasteiger partial charge in [-0.15, -0.1) is 0 Å². The molecule has 1 amide bonds. The lowest BCUT2D eigenvalue weighted by molar-refractivity contribution is -0.150. The average molecular weight is 293 g/mol. The maximum atomic E-state index is 11.9. The van der Waals surface area contributed by atoms with Crippen molar-refractivity contribution in [2.24, 2.45) is 0 Å². The van der Waals surface area contributed by atoms with Crippen molar-refractivity contribution in [2.45, 2.75) is 44.8 Å². The van der Waals surface area contributed by atoms with Gasteiger partial charge in [-0.25, -0.2) is 4.79 Å². The number of carbonyl (C=O) groups is 2. The minimum absolute atomic E-state index is 0.214. The van der Waals surface area contributed by atoms with Crippen molar-refractivity contribution in [2.75, 3.05) is 0 Å². The monoisotopic (exact) mass is 293 g/mol. The van der Waals surface area contributed by atoms with Crippen LogP contribution in [0.5, 0.6) is 0 Å². The zero-order chi connectivity index (χ0) is 14.4. The summed E-state index contributed by atoms with van der Waals surface area (Å²) in [6.45, 7) is 1.60. The van der Waals surface area contributed by atoms with Crippen LogP contribution >= 0.6 is 11.3 Å². The van der Waals surface area contributed by atoms with Gasteiger partial charge in [0.1, 0.15) is 0 Å². The molecular weight excluding hydrogens is 274 g/mol. The fourth-order valence-electron chi connectivity index (χ4n) is 2.19. The largest absolute Gasteiger partial charge is 0.449 e. The first-order valence-corrected chi connectivity index (χ1v) is 7.80. The van der Waals surface area contributed by atoms with Gasteiger partial charge in [0.05, 0.1) is 0 Å². The number of ether oxygens (including phenoxy) is 1. The predicted molar refractivity (Wildman–Crippen MR) is 79.3 cm³/mol. The summed E-state index contributed by atoms with van der Waals surface area (Å²) < 4.78 is 5.09. The molecule has 1 aliphatic rings. The standard InChI is InChI=1S/C15H19NO3S/c1-11(15(18)16-13-4-2-3-5-13)19-14(17)7-6-12-8-9-20-10-12/h6-11,13H,2-5H2,1H3,(H,16,18)/b7-6+/t11-/m1/s1. The van der Waals surface area contributed by atoms with Crippen molar-refractivity contribution in [3.8, 4) is 0 Å². The van der Waals surface area contributed by atoms with Crippen LogP contribution in [0.25, 0.3) is 6.08 Å². The Balaban J connectivity index is 1.76. The lowest BCUT2D eigenvalue weighted by Gasteiger charge is -2.16. The number of rotatable bonds is 5. The van der Waals surface area contributed by atoms with Crippen molar-refractivity contribution >= 4 is 29.3 Å². The minimum Gasteiger partial charge on any atom is -0.449 e. The maximum absolute atomic E-state index is 11.9. The van der Waals surface area contributed by atoms with E-state index in [1.807, 2.05) is 16.8 Å². The Morgan fingerprint density at radius 3 is 2.85 bits per heavy atom. The van der Waals surface area contributed by atoms with Gasteiger partial charge in [-0.05, 0) is 48.2 Å². The molecule has 1 saturated carbocycles. The Hall–Kier alpha value is -1.62. The highest BCUT2D eigenvalue weighted by atomic mass is 32.1. The van der Waals surface area contributed by atoms with E-state index in [4.69, 9.17) is 4.74 Å². The molecule has 0 unspecified atom stereocenters. The van der Waals surface area contributed by atoms with Gasteiger partial charge in [0.25, 0.3) is 5.91 Å². The molecule has 0 bridgehead atoms. The third-order valence-electron chi connectivity index (χ3n) is 3.32. The maximum Gasteiger partial charge on any atom is 0.331 e. The second kappa shape index (κ2) is 7.24. The van der Waals surface area contributed by atoms with Crippen LogP contribution in [0, 0.1) is 0 Å². The van der Waals surface area contributed by atoms with E-state index in [1.165, 1.54) is 6.08 Å². The molecule has 1 heterocycles. The van der Waals surface area contributed by atoms with E-state index >= 15 is 0 Å². The molecule has 4 nitrogen and oxygen atoms in total. The fourth-order valence-corrected chi connectivity index (χ4v) is 2.82. The van der Waals surface area contributed by atoms with Crippen molar-refractivity contribution in [1.82, 2.24) is 5.32 Å². The van der Waals surface area contributed by atoms with E-state index in [0.717, 1.165) is 31.2 Å². The summed E-state index contributed by atoms with van der Waals surface area (Å²) in [5.41, 5.74) is 0.954. The number of hydrogen-bond donors (Lipinski definition) is 1. The topological polar surface area (TPSA) is 55.4 Å². The summed E-state index contributed by atoms with van der Waals surface area (Å²) in [4.78, 5) is 23.5. The summed E-state index contributed by atoms with van der Waals surface area (Å²) >= 11 is 1.56. The van der Waals surface area contributed by atoms with Gasteiger partial charge in [0.2, 0.25) is 0 Å². The normalized spacial score (nSPS) is 17.2.